The lowest BCUT2D eigenvalue weighted by molar-refractivity contribution is -0.269. The smallest absolute Gasteiger partial charge is 0.221 e. The van der Waals surface area contributed by atoms with E-state index in [0.29, 0.717) is 24.3 Å². The summed E-state index contributed by atoms with van der Waals surface area (Å²) in [5.41, 5.74) is 1.45. The molecule has 2 aliphatic heterocycles. The molecule has 0 radical (unpaired) electrons. The second kappa shape index (κ2) is 10.2. The summed E-state index contributed by atoms with van der Waals surface area (Å²) >= 11 is 0. The fraction of sp³-hybridized carbons (Fsp3) is 0.667. The number of rotatable bonds is 6. The van der Waals surface area contributed by atoms with E-state index in [1.54, 1.807) is 18.2 Å². The van der Waals surface area contributed by atoms with Gasteiger partial charge in [-0.2, -0.15) is 0 Å². The summed E-state index contributed by atoms with van der Waals surface area (Å²) in [6.07, 6.45) is -6.73. The van der Waals surface area contributed by atoms with Gasteiger partial charge in [-0.25, -0.2) is 0 Å². The molecule has 10 nitrogen and oxygen atoms in total. The first-order valence-electron chi connectivity index (χ1n) is 10.4. The van der Waals surface area contributed by atoms with Crippen molar-refractivity contribution in [2.24, 2.45) is 5.92 Å². The van der Waals surface area contributed by atoms with Gasteiger partial charge in [0.1, 0.15) is 30.2 Å². The van der Waals surface area contributed by atoms with Crippen LogP contribution in [0.4, 0.5) is 5.69 Å². The quantitative estimate of drug-likeness (QED) is 0.335. The number of carbonyl (C=O) groups excluding carboxylic acids is 1. The summed E-state index contributed by atoms with van der Waals surface area (Å²) in [7, 11) is 0. The van der Waals surface area contributed by atoms with Crippen molar-refractivity contribution in [3.05, 3.63) is 23.8 Å². The van der Waals surface area contributed by atoms with E-state index in [1.165, 1.54) is 6.92 Å². The first kappa shape index (κ1) is 23.9. The van der Waals surface area contributed by atoms with E-state index < -0.39 is 55.4 Å². The van der Waals surface area contributed by atoms with Gasteiger partial charge >= 0.3 is 0 Å². The Bertz CT molecular complexity index is 758. The van der Waals surface area contributed by atoms with Crippen LogP contribution >= 0.6 is 0 Å². The molecule has 3 rings (SSSR count). The van der Waals surface area contributed by atoms with Gasteiger partial charge in [0.25, 0.3) is 0 Å². The summed E-state index contributed by atoms with van der Waals surface area (Å²) < 4.78 is 17.5. The van der Waals surface area contributed by atoms with E-state index in [9.17, 15) is 30.3 Å². The highest BCUT2D eigenvalue weighted by Crippen LogP contribution is 2.36. The van der Waals surface area contributed by atoms with E-state index in [-0.39, 0.29) is 12.5 Å². The van der Waals surface area contributed by atoms with E-state index in [1.807, 2.05) is 6.92 Å². The van der Waals surface area contributed by atoms with Gasteiger partial charge in [-0.3, -0.25) is 4.79 Å². The van der Waals surface area contributed by atoms with Crippen molar-refractivity contribution in [1.82, 2.24) is 0 Å². The molecule has 0 spiro atoms. The molecular weight excluding hydrogens is 410 g/mol. The summed E-state index contributed by atoms with van der Waals surface area (Å²) in [5, 5.41) is 52.4. The number of amides is 1. The first-order chi connectivity index (χ1) is 14.7. The highest BCUT2D eigenvalue weighted by Gasteiger charge is 2.49. The molecule has 31 heavy (non-hydrogen) atoms. The molecule has 174 valence electrons. The van der Waals surface area contributed by atoms with E-state index >= 15 is 0 Å². The Morgan fingerprint density at radius 2 is 1.77 bits per heavy atom. The second-order valence-corrected chi connectivity index (χ2v) is 8.10. The monoisotopic (exact) mass is 441 g/mol. The Balaban J connectivity index is 1.66. The highest BCUT2D eigenvalue weighted by molar-refractivity contribution is 5.88. The maximum absolute atomic E-state index is 11.2. The van der Waals surface area contributed by atoms with Gasteiger partial charge in [0.15, 0.2) is 6.29 Å². The van der Waals surface area contributed by atoms with Gasteiger partial charge in [0.2, 0.25) is 5.91 Å². The first-order valence-corrected chi connectivity index (χ1v) is 10.4. The molecule has 2 aliphatic rings. The van der Waals surface area contributed by atoms with Crippen molar-refractivity contribution >= 4 is 11.6 Å². The largest absolute Gasteiger partial charge is 0.465 e. The minimum absolute atomic E-state index is 0.172. The fourth-order valence-corrected chi connectivity index (χ4v) is 4.21. The standard InChI is InChI=1S/C21H31NO9/c1-10-7-12(22-11(2)25)3-5-14(10)29-17-6-4-13(15(8-23)30-17)21-20(28)19(27)18(26)16(9-24)31-21/h3,5,7,13,15-21,23-24,26-28H,4,6,8-9H2,1-2H3,(H,22,25)/t13?,15-,16-,17+,18-,19?,20-,21-/m1/s1. The van der Waals surface area contributed by atoms with Crippen LogP contribution in [0.3, 0.4) is 0 Å². The molecule has 1 amide bonds. The van der Waals surface area contributed by atoms with Crippen molar-refractivity contribution in [2.75, 3.05) is 18.5 Å². The molecule has 2 heterocycles. The van der Waals surface area contributed by atoms with Crippen molar-refractivity contribution in [2.45, 2.75) is 69.6 Å². The Labute approximate surface area is 180 Å². The van der Waals surface area contributed by atoms with Crippen molar-refractivity contribution < 1.29 is 44.5 Å². The van der Waals surface area contributed by atoms with Crippen LogP contribution in [0.1, 0.15) is 25.3 Å². The Kier molecular flexibility index (Phi) is 7.87. The number of anilines is 1. The number of hydrogen-bond acceptors (Lipinski definition) is 9. The summed E-state index contributed by atoms with van der Waals surface area (Å²) in [6.45, 7) is 2.39. The number of ether oxygens (including phenoxy) is 3. The predicted octanol–water partition coefficient (Wildman–Crippen LogP) is -0.712. The van der Waals surface area contributed by atoms with Crippen LogP contribution in [0.5, 0.6) is 5.75 Å². The van der Waals surface area contributed by atoms with Crippen LogP contribution in [-0.4, -0.2) is 87.6 Å². The zero-order valence-corrected chi connectivity index (χ0v) is 17.5. The Morgan fingerprint density at radius 3 is 2.39 bits per heavy atom. The molecule has 0 aliphatic carbocycles. The van der Waals surface area contributed by atoms with E-state index in [0.717, 1.165) is 5.56 Å². The normalized spacial score (nSPS) is 36.1. The number of aryl methyl sites for hydroxylation is 1. The minimum atomic E-state index is -1.48. The van der Waals surface area contributed by atoms with Crippen LogP contribution in [0, 0.1) is 12.8 Å². The predicted molar refractivity (Wildman–Crippen MR) is 108 cm³/mol. The summed E-state index contributed by atoms with van der Waals surface area (Å²) in [5.74, 6) is -0.0740. The third-order valence-electron chi connectivity index (χ3n) is 5.82. The van der Waals surface area contributed by atoms with Gasteiger partial charge in [0, 0.05) is 24.9 Å². The highest BCUT2D eigenvalue weighted by atomic mass is 16.7. The number of carbonyl (C=O) groups is 1. The lowest BCUT2D eigenvalue weighted by atomic mass is 9.81. The van der Waals surface area contributed by atoms with Crippen molar-refractivity contribution in [3.8, 4) is 5.75 Å². The average molecular weight is 441 g/mol. The van der Waals surface area contributed by atoms with Gasteiger partial charge < -0.3 is 45.1 Å². The van der Waals surface area contributed by atoms with Gasteiger partial charge in [-0.15, -0.1) is 0 Å². The molecular formula is C21H31NO9. The van der Waals surface area contributed by atoms with Crippen LogP contribution in [-0.2, 0) is 14.3 Å². The zero-order chi connectivity index (χ0) is 22.7. The van der Waals surface area contributed by atoms with E-state index in [4.69, 9.17) is 14.2 Å². The third-order valence-corrected chi connectivity index (χ3v) is 5.82. The van der Waals surface area contributed by atoms with Gasteiger partial charge in [-0.1, -0.05) is 0 Å². The third kappa shape index (κ3) is 5.35. The van der Waals surface area contributed by atoms with Crippen LogP contribution in [0.25, 0.3) is 0 Å². The molecule has 2 saturated heterocycles. The molecule has 0 bridgehead atoms. The second-order valence-electron chi connectivity index (χ2n) is 8.10. The number of aliphatic hydroxyl groups is 5. The molecule has 0 saturated carbocycles. The summed E-state index contributed by atoms with van der Waals surface area (Å²) in [6, 6.07) is 5.22. The Hall–Kier alpha value is -1.79. The van der Waals surface area contributed by atoms with Gasteiger partial charge in [0.05, 0.1) is 25.4 Å². The molecule has 1 aromatic carbocycles. The van der Waals surface area contributed by atoms with Crippen molar-refractivity contribution in [1.29, 1.82) is 0 Å². The van der Waals surface area contributed by atoms with Crippen LogP contribution in [0.15, 0.2) is 18.2 Å². The Morgan fingerprint density at radius 1 is 1.06 bits per heavy atom. The van der Waals surface area contributed by atoms with Gasteiger partial charge in [-0.05, 0) is 37.1 Å². The van der Waals surface area contributed by atoms with Crippen LogP contribution < -0.4 is 10.1 Å². The van der Waals surface area contributed by atoms with Crippen LogP contribution in [0.2, 0.25) is 0 Å². The molecule has 10 heteroatoms. The topological polar surface area (TPSA) is 158 Å². The van der Waals surface area contributed by atoms with E-state index in [2.05, 4.69) is 5.32 Å². The maximum Gasteiger partial charge on any atom is 0.221 e. The lowest BCUT2D eigenvalue weighted by Gasteiger charge is -2.46. The minimum Gasteiger partial charge on any atom is -0.465 e. The fourth-order valence-electron chi connectivity index (χ4n) is 4.21. The van der Waals surface area contributed by atoms with Crippen molar-refractivity contribution in [3.63, 3.8) is 0 Å². The molecule has 2 fully saturated rings. The number of nitrogens with one attached hydrogen (secondary N) is 1. The zero-order valence-electron chi connectivity index (χ0n) is 17.5. The molecule has 2 unspecified atom stereocenters. The summed E-state index contributed by atoms with van der Waals surface area (Å²) in [4.78, 5) is 11.2. The maximum atomic E-state index is 11.2. The number of hydrogen-bond donors (Lipinski definition) is 6. The lowest BCUT2D eigenvalue weighted by Crippen LogP contribution is -2.62. The molecule has 8 atom stereocenters. The number of benzene rings is 1. The molecule has 1 aromatic rings. The SMILES string of the molecule is CC(=O)Nc1ccc(O[C@@H]2CCC([C@H]3O[C@H](CO)[C@@H](O)C(O)[C@H]3O)[C@@H](CO)O2)c(C)c1. The molecule has 0 aromatic heterocycles. The molecule has 6 N–H and O–H groups in total. The average Bonchev–Trinajstić information content (AvgIpc) is 2.74. The number of aliphatic hydroxyl groups excluding tert-OH is 5.